The summed E-state index contributed by atoms with van der Waals surface area (Å²) in [4.78, 5) is 27.8. The molecule has 3 fully saturated rings. The first-order valence-corrected chi connectivity index (χ1v) is 10.7. The lowest BCUT2D eigenvalue weighted by Gasteiger charge is -2.36. The van der Waals surface area contributed by atoms with E-state index in [0.717, 1.165) is 12.8 Å². The number of sulfone groups is 1. The molecular weight excluding hydrogens is 330 g/mol. The van der Waals surface area contributed by atoms with Gasteiger partial charge in [0.1, 0.15) is 5.75 Å². The summed E-state index contributed by atoms with van der Waals surface area (Å²) in [7, 11) is -3.27. The highest BCUT2D eigenvalue weighted by molar-refractivity contribution is 7.93. The average molecular weight is 357 g/mol. The van der Waals surface area contributed by atoms with Gasteiger partial charge in [-0.25, -0.2) is 13.2 Å². The molecule has 0 aromatic heterocycles. The average Bonchev–Trinajstić information content (AvgIpc) is 3.41. The minimum Gasteiger partial charge on any atom is -0.338 e. The van der Waals surface area contributed by atoms with Gasteiger partial charge in [-0.2, -0.15) is 0 Å². The summed E-state index contributed by atoms with van der Waals surface area (Å²) in [6.45, 7) is 1.76. The molecule has 1 N–H and O–H groups in total. The van der Waals surface area contributed by atoms with Crippen molar-refractivity contribution in [2.45, 2.75) is 56.2 Å². The van der Waals surface area contributed by atoms with Crippen molar-refractivity contribution in [2.24, 2.45) is 0 Å². The zero-order chi connectivity index (χ0) is 17.2. The van der Waals surface area contributed by atoms with Gasteiger partial charge in [-0.05, 0) is 25.7 Å². The fourth-order valence-electron chi connectivity index (χ4n) is 3.48. The topological polar surface area (TPSA) is 86.8 Å². The Morgan fingerprint density at radius 3 is 2.04 bits per heavy atom. The zero-order valence-electron chi connectivity index (χ0n) is 14.1. The molecule has 7 nitrogen and oxygen atoms in total. The van der Waals surface area contributed by atoms with Gasteiger partial charge in [-0.15, -0.1) is 0 Å². The predicted molar refractivity (Wildman–Crippen MR) is 90.4 cm³/mol. The third-order valence-corrected chi connectivity index (χ3v) is 7.35. The molecule has 0 unspecified atom stereocenters. The standard InChI is InChI=1S/C16H27N3O4S/c20-15(12-24(22,23)14-6-7-14)18-8-10-19(11-9-18)16(21)17-13-4-2-1-3-5-13/h13-14H,1-12H2,(H,17,21). The number of carbonyl (C=O) groups excluding carboxylic acids is 2. The number of hydrogen-bond acceptors (Lipinski definition) is 4. The number of nitrogens with one attached hydrogen (secondary N) is 1. The Morgan fingerprint density at radius 2 is 1.46 bits per heavy atom. The number of nitrogens with zero attached hydrogens (tertiary/aromatic N) is 2. The maximum absolute atomic E-state index is 12.3. The molecule has 0 aromatic rings. The summed E-state index contributed by atoms with van der Waals surface area (Å²) in [5, 5.41) is 2.78. The molecule has 0 atom stereocenters. The number of amides is 3. The fourth-order valence-corrected chi connectivity index (χ4v) is 5.10. The van der Waals surface area contributed by atoms with Crippen molar-refractivity contribution >= 4 is 21.8 Å². The van der Waals surface area contributed by atoms with Gasteiger partial charge in [0.15, 0.2) is 9.84 Å². The fraction of sp³-hybridized carbons (Fsp3) is 0.875. The molecule has 3 amide bonds. The van der Waals surface area contributed by atoms with Gasteiger partial charge in [0, 0.05) is 32.2 Å². The highest BCUT2D eigenvalue weighted by Gasteiger charge is 2.38. The first kappa shape index (κ1) is 17.5. The summed E-state index contributed by atoms with van der Waals surface area (Å²) in [6, 6.07) is 0.217. The number of rotatable bonds is 4. The molecule has 0 bridgehead atoms. The highest BCUT2D eigenvalue weighted by atomic mass is 32.2. The van der Waals surface area contributed by atoms with Crippen molar-refractivity contribution in [1.82, 2.24) is 15.1 Å². The second-order valence-electron chi connectivity index (χ2n) is 7.16. The normalized spacial score (nSPS) is 23.2. The number of carbonyl (C=O) groups is 2. The van der Waals surface area contributed by atoms with Crippen molar-refractivity contribution in [1.29, 1.82) is 0 Å². The summed E-state index contributed by atoms with van der Waals surface area (Å²) in [5.41, 5.74) is 0. The van der Waals surface area contributed by atoms with Crippen LogP contribution in [0.4, 0.5) is 4.79 Å². The second kappa shape index (κ2) is 7.29. The smallest absolute Gasteiger partial charge is 0.317 e. The van der Waals surface area contributed by atoms with Crippen molar-refractivity contribution in [3.63, 3.8) is 0 Å². The summed E-state index contributed by atoms with van der Waals surface area (Å²) < 4.78 is 23.8. The molecule has 2 aliphatic carbocycles. The van der Waals surface area contributed by atoms with Crippen LogP contribution in [0.25, 0.3) is 0 Å². The molecular formula is C16H27N3O4S. The molecule has 24 heavy (non-hydrogen) atoms. The van der Waals surface area contributed by atoms with Gasteiger partial charge in [-0.3, -0.25) is 4.79 Å². The van der Waals surface area contributed by atoms with Crippen LogP contribution in [0.3, 0.4) is 0 Å². The predicted octanol–water partition coefficient (Wildman–Crippen LogP) is 0.750. The molecule has 1 heterocycles. The summed E-state index contributed by atoms with van der Waals surface area (Å²) in [6.07, 6.45) is 7.05. The van der Waals surface area contributed by atoms with Gasteiger partial charge in [0.05, 0.1) is 5.25 Å². The van der Waals surface area contributed by atoms with Crippen LogP contribution < -0.4 is 5.32 Å². The number of piperazine rings is 1. The van der Waals surface area contributed by atoms with E-state index in [-0.39, 0.29) is 29.0 Å². The van der Waals surface area contributed by atoms with E-state index in [1.165, 1.54) is 19.3 Å². The molecule has 3 rings (SSSR count). The molecule has 2 saturated carbocycles. The molecule has 1 aliphatic heterocycles. The molecule has 0 spiro atoms. The second-order valence-corrected chi connectivity index (χ2v) is 9.44. The van der Waals surface area contributed by atoms with Crippen molar-refractivity contribution < 1.29 is 18.0 Å². The lowest BCUT2D eigenvalue weighted by Crippen LogP contribution is -2.55. The molecule has 1 saturated heterocycles. The van der Waals surface area contributed by atoms with Crippen LogP contribution in [-0.2, 0) is 14.6 Å². The quantitative estimate of drug-likeness (QED) is 0.804. The van der Waals surface area contributed by atoms with E-state index in [9.17, 15) is 18.0 Å². The summed E-state index contributed by atoms with van der Waals surface area (Å²) in [5.74, 6) is -0.708. The first-order valence-electron chi connectivity index (χ1n) is 9.00. The van der Waals surface area contributed by atoms with Gasteiger partial charge >= 0.3 is 6.03 Å². The first-order chi connectivity index (χ1) is 11.5. The molecule has 0 radical (unpaired) electrons. The Kier molecular flexibility index (Phi) is 5.32. The van der Waals surface area contributed by atoms with E-state index < -0.39 is 9.84 Å². The van der Waals surface area contributed by atoms with Gasteiger partial charge in [0.2, 0.25) is 5.91 Å². The van der Waals surface area contributed by atoms with Crippen LogP contribution in [-0.4, -0.2) is 73.4 Å². The van der Waals surface area contributed by atoms with Crippen LogP contribution in [0.5, 0.6) is 0 Å². The number of urea groups is 1. The zero-order valence-corrected chi connectivity index (χ0v) is 14.9. The van der Waals surface area contributed by atoms with Crippen LogP contribution >= 0.6 is 0 Å². The van der Waals surface area contributed by atoms with E-state index in [4.69, 9.17) is 0 Å². The Morgan fingerprint density at radius 1 is 0.875 bits per heavy atom. The lowest BCUT2D eigenvalue weighted by atomic mass is 9.96. The maximum atomic E-state index is 12.3. The van der Waals surface area contributed by atoms with E-state index in [2.05, 4.69) is 5.32 Å². The Hall–Kier alpha value is -1.31. The van der Waals surface area contributed by atoms with Crippen LogP contribution in [0.1, 0.15) is 44.9 Å². The van der Waals surface area contributed by atoms with Crippen molar-refractivity contribution in [3.05, 3.63) is 0 Å². The minimum absolute atomic E-state index is 0.0559. The lowest BCUT2D eigenvalue weighted by molar-refractivity contribution is -0.129. The SMILES string of the molecule is O=C(CS(=O)(=O)C1CC1)N1CCN(C(=O)NC2CCCCC2)CC1. The van der Waals surface area contributed by atoms with Crippen molar-refractivity contribution in [2.75, 3.05) is 31.9 Å². The van der Waals surface area contributed by atoms with E-state index in [0.29, 0.717) is 39.0 Å². The Balaban J connectivity index is 1.43. The largest absolute Gasteiger partial charge is 0.338 e. The Labute approximate surface area is 143 Å². The van der Waals surface area contributed by atoms with E-state index >= 15 is 0 Å². The molecule has 3 aliphatic rings. The van der Waals surface area contributed by atoms with Gasteiger partial charge in [-0.1, -0.05) is 19.3 Å². The number of hydrogen-bond donors (Lipinski definition) is 1. The minimum atomic E-state index is -3.27. The third-order valence-electron chi connectivity index (χ3n) is 5.21. The molecule has 0 aromatic carbocycles. The van der Waals surface area contributed by atoms with Crippen LogP contribution in [0, 0.1) is 0 Å². The molecule has 8 heteroatoms. The van der Waals surface area contributed by atoms with Crippen LogP contribution in [0.2, 0.25) is 0 Å². The van der Waals surface area contributed by atoms with E-state index in [1.807, 2.05) is 0 Å². The summed E-state index contributed by atoms with van der Waals surface area (Å²) >= 11 is 0. The molecule has 136 valence electrons. The maximum Gasteiger partial charge on any atom is 0.317 e. The van der Waals surface area contributed by atoms with Crippen LogP contribution in [0.15, 0.2) is 0 Å². The monoisotopic (exact) mass is 357 g/mol. The van der Waals surface area contributed by atoms with E-state index in [1.54, 1.807) is 9.80 Å². The van der Waals surface area contributed by atoms with Crippen molar-refractivity contribution in [3.8, 4) is 0 Å². The third kappa shape index (κ3) is 4.40. The highest BCUT2D eigenvalue weighted by Crippen LogP contribution is 2.29. The Bertz CT molecular complexity index is 574. The van der Waals surface area contributed by atoms with Gasteiger partial charge < -0.3 is 15.1 Å². The van der Waals surface area contributed by atoms with Gasteiger partial charge in [0.25, 0.3) is 0 Å².